The quantitative estimate of drug-likeness (QED) is 0.720. The van der Waals surface area contributed by atoms with Crippen molar-refractivity contribution in [1.82, 2.24) is 4.90 Å². The Morgan fingerprint density at radius 2 is 2.19 bits per heavy atom. The Kier molecular flexibility index (Phi) is 5.07. The van der Waals surface area contributed by atoms with Crippen LogP contribution in [0.25, 0.3) is 0 Å². The summed E-state index contributed by atoms with van der Waals surface area (Å²) in [6, 6.07) is 3.93. The average molecular weight is 292 g/mol. The number of nitrogens with two attached hydrogens (primary N) is 1. The van der Waals surface area contributed by atoms with Crippen molar-refractivity contribution in [3.05, 3.63) is 23.8 Å². The Labute approximate surface area is 125 Å². The van der Waals surface area contributed by atoms with Crippen molar-refractivity contribution in [1.29, 1.82) is 0 Å². The fraction of sp³-hybridized carbons (Fsp3) is 0.562. The van der Waals surface area contributed by atoms with E-state index in [1.807, 2.05) is 4.90 Å². The second-order valence-corrected chi connectivity index (χ2v) is 5.86. The Bertz CT molecular complexity index is 504. The number of likely N-dealkylation sites (tertiary alicyclic amines) is 1. The van der Waals surface area contributed by atoms with E-state index in [9.17, 15) is 15.0 Å². The Morgan fingerprint density at radius 1 is 1.43 bits per heavy atom. The maximum atomic E-state index is 12.3. The lowest BCUT2D eigenvalue weighted by Crippen LogP contribution is -2.43. The molecule has 5 nitrogen and oxygen atoms in total. The molecule has 1 aromatic rings. The zero-order valence-electron chi connectivity index (χ0n) is 12.5. The fourth-order valence-electron chi connectivity index (χ4n) is 2.95. The lowest BCUT2D eigenvalue weighted by atomic mass is 10.0. The fourth-order valence-corrected chi connectivity index (χ4v) is 2.95. The number of carbonyl (C=O) groups excluding carboxylic acids is 1. The third-order valence-electron chi connectivity index (χ3n) is 4.11. The van der Waals surface area contributed by atoms with Crippen LogP contribution in [0.2, 0.25) is 0 Å². The third-order valence-corrected chi connectivity index (χ3v) is 4.11. The highest BCUT2D eigenvalue weighted by molar-refractivity contribution is 5.82. The van der Waals surface area contributed by atoms with Gasteiger partial charge in [-0.3, -0.25) is 4.79 Å². The summed E-state index contributed by atoms with van der Waals surface area (Å²) in [6.45, 7) is 3.76. The van der Waals surface area contributed by atoms with E-state index in [1.165, 1.54) is 12.1 Å². The number of benzene rings is 1. The minimum atomic E-state index is -0.602. The predicted octanol–water partition coefficient (Wildman–Crippen LogP) is 1.62. The van der Waals surface area contributed by atoms with Gasteiger partial charge in [0, 0.05) is 13.1 Å². The molecule has 1 aliphatic rings. The number of hydrogen-bond acceptors (Lipinski definition) is 4. The molecule has 21 heavy (non-hydrogen) atoms. The van der Waals surface area contributed by atoms with E-state index >= 15 is 0 Å². The van der Waals surface area contributed by atoms with E-state index in [2.05, 4.69) is 6.92 Å². The van der Waals surface area contributed by atoms with E-state index in [4.69, 9.17) is 5.73 Å². The molecular weight excluding hydrogens is 268 g/mol. The molecule has 1 amide bonds. The summed E-state index contributed by atoms with van der Waals surface area (Å²) in [5, 5.41) is 18.8. The van der Waals surface area contributed by atoms with Crippen molar-refractivity contribution in [2.45, 2.75) is 38.6 Å². The topological polar surface area (TPSA) is 86.8 Å². The number of phenolic OH excluding ortho intramolecular Hbond substituents is 2. The van der Waals surface area contributed by atoms with Gasteiger partial charge < -0.3 is 20.8 Å². The van der Waals surface area contributed by atoms with E-state index in [0.717, 1.165) is 37.9 Å². The molecule has 1 aromatic carbocycles. The number of rotatable bonds is 5. The maximum Gasteiger partial charge on any atom is 0.239 e. The van der Waals surface area contributed by atoms with Crippen molar-refractivity contribution in [3.63, 3.8) is 0 Å². The average Bonchev–Trinajstić information content (AvgIpc) is 2.91. The summed E-state index contributed by atoms with van der Waals surface area (Å²) in [5.74, 6) is 0.224. The van der Waals surface area contributed by atoms with Crippen LogP contribution in [-0.4, -0.2) is 40.2 Å². The largest absolute Gasteiger partial charge is 0.504 e. The van der Waals surface area contributed by atoms with Crippen molar-refractivity contribution >= 4 is 5.91 Å². The first-order valence-electron chi connectivity index (χ1n) is 7.56. The molecule has 1 heterocycles. The Balaban J connectivity index is 1.92. The van der Waals surface area contributed by atoms with Crippen LogP contribution in [0.15, 0.2) is 18.2 Å². The van der Waals surface area contributed by atoms with E-state index < -0.39 is 6.04 Å². The number of nitrogens with zero attached hydrogens (tertiary/aromatic N) is 1. The van der Waals surface area contributed by atoms with Gasteiger partial charge in [-0.05, 0) is 42.9 Å². The van der Waals surface area contributed by atoms with E-state index in [1.54, 1.807) is 6.07 Å². The molecule has 4 N–H and O–H groups in total. The highest BCUT2D eigenvalue weighted by Crippen LogP contribution is 2.26. The number of aromatic hydroxyl groups is 2. The molecule has 1 unspecified atom stereocenters. The zero-order chi connectivity index (χ0) is 15.4. The van der Waals surface area contributed by atoms with Crippen molar-refractivity contribution in [2.24, 2.45) is 11.7 Å². The zero-order valence-corrected chi connectivity index (χ0v) is 12.5. The first kappa shape index (κ1) is 15.6. The molecule has 0 bridgehead atoms. The van der Waals surface area contributed by atoms with Gasteiger partial charge in [0.15, 0.2) is 11.5 Å². The first-order valence-corrected chi connectivity index (χ1v) is 7.56. The van der Waals surface area contributed by atoms with Gasteiger partial charge in [-0.15, -0.1) is 0 Å². The second kappa shape index (κ2) is 6.80. The lowest BCUT2D eigenvalue weighted by molar-refractivity contribution is -0.131. The molecule has 1 aliphatic heterocycles. The molecule has 0 aliphatic carbocycles. The van der Waals surface area contributed by atoms with Gasteiger partial charge in [0.05, 0.1) is 6.04 Å². The van der Waals surface area contributed by atoms with Crippen LogP contribution >= 0.6 is 0 Å². The van der Waals surface area contributed by atoms with Gasteiger partial charge in [-0.1, -0.05) is 19.4 Å². The summed E-state index contributed by atoms with van der Waals surface area (Å²) in [4.78, 5) is 14.2. The molecule has 1 fully saturated rings. The highest BCUT2D eigenvalue weighted by Gasteiger charge is 2.28. The lowest BCUT2D eigenvalue weighted by Gasteiger charge is -2.21. The molecule has 2 rings (SSSR count). The number of amides is 1. The molecule has 0 radical (unpaired) electrons. The molecule has 2 atom stereocenters. The molecule has 0 aromatic heterocycles. The summed E-state index contributed by atoms with van der Waals surface area (Å²) >= 11 is 0. The van der Waals surface area contributed by atoms with Gasteiger partial charge in [-0.2, -0.15) is 0 Å². The molecule has 0 saturated carbocycles. The van der Waals surface area contributed by atoms with Gasteiger partial charge >= 0.3 is 0 Å². The highest BCUT2D eigenvalue weighted by atomic mass is 16.3. The monoisotopic (exact) mass is 292 g/mol. The van der Waals surface area contributed by atoms with Crippen LogP contribution in [0.1, 0.15) is 31.7 Å². The Morgan fingerprint density at radius 3 is 2.86 bits per heavy atom. The predicted molar refractivity (Wildman–Crippen MR) is 81.0 cm³/mol. The maximum absolute atomic E-state index is 12.3. The van der Waals surface area contributed by atoms with E-state index in [0.29, 0.717) is 12.3 Å². The number of carbonyl (C=O) groups is 1. The van der Waals surface area contributed by atoms with Crippen LogP contribution in [0.3, 0.4) is 0 Å². The summed E-state index contributed by atoms with van der Waals surface area (Å²) < 4.78 is 0. The second-order valence-electron chi connectivity index (χ2n) is 5.86. The van der Waals surface area contributed by atoms with Gasteiger partial charge in [0.1, 0.15) is 0 Å². The summed E-state index contributed by atoms with van der Waals surface area (Å²) in [6.07, 6.45) is 3.73. The Hall–Kier alpha value is -1.75. The SMILES string of the molecule is CCCC1CCN(C(=O)[C@@H](N)Cc2ccc(O)c(O)c2)C1. The van der Waals surface area contributed by atoms with Gasteiger partial charge in [0.2, 0.25) is 5.91 Å². The van der Waals surface area contributed by atoms with Gasteiger partial charge in [0.25, 0.3) is 0 Å². The van der Waals surface area contributed by atoms with E-state index in [-0.39, 0.29) is 17.4 Å². The molecule has 116 valence electrons. The van der Waals surface area contributed by atoms with Crippen molar-refractivity contribution < 1.29 is 15.0 Å². The summed E-state index contributed by atoms with van der Waals surface area (Å²) in [5.41, 5.74) is 6.75. The molecule has 0 spiro atoms. The molecule has 5 heteroatoms. The standard InChI is InChI=1S/C16H24N2O3/c1-2-3-11-6-7-18(10-11)16(21)13(17)8-12-4-5-14(19)15(20)9-12/h4-5,9,11,13,19-20H,2-3,6-8,10,17H2,1H3/t11?,13-/m0/s1. The molecule has 1 saturated heterocycles. The minimum absolute atomic E-state index is 0.0267. The van der Waals surface area contributed by atoms with Crippen LogP contribution in [-0.2, 0) is 11.2 Å². The normalized spacial score (nSPS) is 19.7. The van der Waals surface area contributed by atoms with Crippen LogP contribution in [0, 0.1) is 5.92 Å². The van der Waals surface area contributed by atoms with Crippen molar-refractivity contribution in [2.75, 3.05) is 13.1 Å². The van der Waals surface area contributed by atoms with Crippen LogP contribution in [0.5, 0.6) is 11.5 Å². The van der Waals surface area contributed by atoms with Gasteiger partial charge in [-0.25, -0.2) is 0 Å². The van der Waals surface area contributed by atoms with Crippen LogP contribution in [0.4, 0.5) is 0 Å². The third kappa shape index (κ3) is 3.88. The van der Waals surface area contributed by atoms with Crippen LogP contribution < -0.4 is 5.73 Å². The molecular formula is C16H24N2O3. The summed E-state index contributed by atoms with van der Waals surface area (Å²) in [7, 11) is 0. The number of hydrogen-bond donors (Lipinski definition) is 3. The van der Waals surface area contributed by atoms with Crippen molar-refractivity contribution in [3.8, 4) is 11.5 Å². The first-order chi connectivity index (χ1) is 10.0. The number of phenols is 2. The smallest absolute Gasteiger partial charge is 0.239 e. The minimum Gasteiger partial charge on any atom is -0.504 e.